The molecule has 0 amide bonds. The van der Waals surface area contributed by atoms with Crippen molar-refractivity contribution < 1.29 is 19.0 Å². The molecule has 0 aromatic heterocycles. The van der Waals surface area contributed by atoms with Crippen LogP contribution in [0, 0.1) is 11.6 Å². The second kappa shape index (κ2) is 3.63. The van der Waals surface area contributed by atoms with Crippen LogP contribution in [0.15, 0.2) is 18.2 Å². The zero-order chi connectivity index (χ0) is 10.9. The SMILES string of the molecule is CC(C)(O)C(O)c1ccc(F)c(F)c1. The zero-order valence-electron chi connectivity index (χ0n) is 7.96. The summed E-state index contributed by atoms with van der Waals surface area (Å²) in [5.74, 6) is -2.01. The minimum absolute atomic E-state index is 0.149. The Morgan fingerprint density at radius 3 is 2.21 bits per heavy atom. The molecule has 0 radical (unpaired) electrons. The first-order valence-corrected chi connectivity index (χ1v) is 4.18. The molecule has 0 saturated carbocycles. The van der Waals surface area contributed by atoms with Crippen LogP contribution in [0.5, 0.6) is 0 Å². The molecule has 2 nitrogen and oxygen atoms in total. The van der Waals surface area contributed by atoms with Crippen LogP contribution in [0.4, 0.5) is 8.78 Å². The van der Waals surface area contributed by atoms with E-state index in [2.05, 4.69) is 0 Å². The second-order valence-electron chi connectivity index (χ2n) is 3.73. The van der Waals surface area contributed by atoms with Crippen LogP contribution in [-0.2, 0) is 0 Å². The molecule has 0 saturated heterocycles. The maximum Gasteiger partial charge on any atom is 0.159 e. The molecule has 0 spiro atoms. The van der Waals surface area contributed by atoms with Gasteiger partial charge in [0.2, 0.25) is 0 Å². The molecule has 2 N–H and O–H groups in total. The van der Waals surface area contributed by atoms with E-state index in [1.807, 2.05) is 0 Å². The molecular formula is C10H12F2O2. The van der Waals surface area contributed by atoms with Crippen LogP contribution in [0.2, 0.25) is 0 Å². The van der Waals surface area contributed by atoms with Crippen LogP contribution in [0.25, 0.3) is 0 Å². The van der Waals surface area contributed by atoms with Crippen molar-refractivity contribution >= 4 is 0 Å². The van der Waals surface area contributed by atoms with Gasteiger partial charge in [0, 0.05) is 0 Å². The second-order valence-corrected chi connectivity index (χ2v) is 3.73. The van der Waals surface area contributed by atoms with Gasteiger partial charge < -0.3 is 10.2 Å². The predicted molar refractivity (Wildman–Crippen MR) is 47.6 cm³/mol. The first kappa shape index (κ1) is 11.1. The van der Waals surface area contributed by atoms with Gasteiger partial charge in [-0.2, -0.15) is 0 Å². The van der Waals surface area contributed by atoms with Crippen molar-refractivity contribution in [1.82, 2.24) is 0 Å². The first-order chi connectivity index (χ1) is 6.32. The summed E-state index contributed by atoms with van der Waals surface area (Å²) >= 11 is 0. The highest BCUT2D eigenvalue weighted by atomic mass is 19.2. The summed E-state index contributed by atoms with van der Waals surface area (Å²) in [6.07, 6.45) is -1.24. The van der Waals surface area contributed by atoms with E-state index in [1.54, 1.807) is 0 Å². The molecule has 14 heavy (non-hydrogen) atoms. The predicted octanol–water partition coefficient (Wildman–Crippen LogP) is 1.77. The number of aliphatic hydroxyl groups excluding tert-OH is 1. The Hall–Kier alpha value is -1.00. The van der Waals surface area contributed by atoms with E-state index in [0.717, 1.165) is 12.1 Å². The van der Waals surface area contributed by atoms with Gasteiger partial charge >= 0.3 is 0 Å². The Kier molecular flexibility index (Phi) is 2.87. The minimum Gasteiger partial charge on any atom is -0.387 e. The first-order valence-electron chi connectivity index (χ1n) is 4.18. The van der Waals surface area contributed by atoms with Crippen LogP contribution in [0.1, 0.15) is 25.5 Å². The zero-order valence-corrected chi connectivity index (χ0v) is 7.96. The average Bonchev–Trinajstić information content (AvgIpc) is 2.07. The third kappa shape index (κ3) is 2.27. The molecular weight excluding hydrogens is 190 g/mol. The van der Waals surface area contributed by atoms with Gasteiger partial charge in [0.15, 0.2) is 11.6 Å². The standard InChI is InChI=1S/C10H12F2O2/c1-10(2,14)9(13)6-3-4-7(11)8(12)5-6/h3-5,9,13-14H,1-2H3. The smallest absolute Gasteiger partial charge is 0.159 e. The van der Waals surface area contributed by atoms with Crippen molar-refractivity contribution in [3.63, 3.8) is 0 Å². The van der Waals surface area contributed by atoms with Crippen molar-refractivity contribution in [2.45, 2.75) is 25.6 Å². The molecule has 0 fully saturated rings. The third-order valence-corrected chi connectivity index (χ3v) is 1.93. The third-order valence-electron chi connectivity index (χ3n) is 1.93. The Morgan fingerprint density at radius 1 is 1.21 bits per heavy atom. The number of aliphatic hydroxyl groups is 2. The maximum absolute atomic E-state index is 12.8. The van der Waals surface area contributed by atoms with Crippen LogP contribution >= 0.6 is 0 Å². The topological polar surface area (TPSA) is 40.5 Å². The fraction of sp³-hybridized carbons (Fsp3) is 0.400. The van der Waals surface area contributed by atoms with Crippen LogP contribution in [-0.4, -0.2) is 15.8 Å². The molecule has 1 atom stereocenters. The lowest BCUT2D eigenvalue weighted by molar-refractivity contribution is -0.0498. The number of halogens is 2. The Morgan fingerprint density at radius 2 is 1.79 bits per heavy atom. The summed E-state index contributed by atoms with van der Waals surface area (Å²) in [7, 11) is 0. The van der Waals surface area contributed by atoms with Gasteiger partial charge in [0.05, 0.1) is 5.60 Å². The summed E-state index contributed by atoms with van der Waals surface area (Å²) < 4.78 is 25.3. The van der Waals surface area contributed by atoms with E-state index in [0.29, 0.717) is 0 Å². The number of hydrogen-bond donors (Lipinski definition) is 2. The summed E-state index contributed by atoms with van der Waals surface area (Å²) in [6, 6.07) is 3.03. The van der Waals surface area contributed by atoms with Gasteiger partial charge in [-0.25, -0.2) is 8.78 Å². The van der Waals surface area contributed by atoms with Gasteiger partial charge in [0.1, 0.15) is 6.10 Å². The summed E-state index contributed by atoms with van der Waals surface area (Å²) in [6.45, 7) is 2.78. The largest absolute Gasteiger partial charge is 0.387 e. The molecule has 0 aliphatic carbocycles. The summed E-state index contributed by atoms with van der Waals surface area (Å²) in [5, 5.41) is 19.0. The van der Waals surface area contributed by atoms with E-state index in [4.69, 9.17) is 0 Å². The van der Waals surface area contributed by atoms with Crippen molar-refractivity contribution in [3.05, 3.63) is 35.4 Å². The van der Waals surface area contributed by atoms with Crippen molar-refractivity contribution in [2.75, 3.05) is 0 Å². The molecule has 0 aliphatic rings. The molecule has 1 aromatic rings. The van der Waals surface area contributed by atoms with Crippen LogP contribution < -0.4 is 0 Å². The van der Waals surface area contributed by atoms with Crippen molar-refractivity contribution in [1.29, 1.82) is 0 Å². The average molecular weight is 202 g/mol. The monoisotopic (exact) mass is 202 g/mol. The van der Waals surface area contributed by atoms with E-state index >= 15 is 0 Å². The van der Waals surface area contributed by atoms with E-state index < -0.39 is 23.3 Å². The van der Waals surface area contributed by atoms with Crippen LogP contribution in [0.3, 0.4) is 0 Å². The quantitative estimate of drug-likeness (QED) is 0.767. The Balaban J connectivity index is 3.03. The fourth-order valence-electron chi connectivity index (χ4n) is 1.09. The molecule has 1 rings (SSSR count). The van der Waals surface area contributed by atoms with E-state index in [1.165, 1.54) is 19.9 Å². The lowest BCUT2D eigenvalue weighted by Crippen LogP contribution is -2.28. The molecule has 1 aromatic carbocycles. The van der Waals surface area contributed by atoms with E-state index in [9.17, 15) is 19.0 Å². The van der Waals surface area contributed by atoms with Gasteiger partial charge in [0.25, 0.3) is 0 Å². The highest BCUT2D eigenvalue weighted by molar-refractivity contribution is 5.21. The lowest BCUT2D eigenvalue weighted by Gasteiger charge is -2.24. The summed E-state index contributed by atoms with van der Waals surface area (Å²) in [4.78, 5) is 0. The van der Waals surface area contributed by atoms with E-state index in [-0.39, 0.29) is 5.56 Å². The number of benzene rings is 1. The maximum atomic E-state index is 12.8. The number of rotatable bonds is 2. The summed E-state index contributed by atoms with van der Waals surface area (Å²) in [5.41, 5.74) is -1.24. The normalized spacial score (nSPS) is 14.1. The minimum atomic E-state index is -1.38. The molecule has 1 unspecified atom stereocenters. The van der Waals surface area contributed by atoms with Gasteiger partial charge in [-0.05, 0) is 31.5 Å². The molecule has 0 aliphatic heterocycles. The highest BCUT2D eigenvalue weighted by Gasteiger charge is 2.26. The Labute approximate surface area is 80.8 Å². The van der Waals surface area contributed by atoms with Gasteiger partial charge in [-0.15, -0.1) is 0 Å². The molecule has 0 bridgehead atoms. The molecule has 78 valence electrons. The Bertz CT molecular complexity index is 331. The van der Waals surface area contributed by atoms with Gasteiger partial charge in [-0.3, -0.25) is 0 Å². The van der Waals surface area contributed by atoms with Crippen molar-refractivity contribution in [3.8, 4) is 0 Å². The van der Waals surface area contributed by atoms with Gasteiger partial charge in [-0.1, -0.05) is 6.07 Å². The molecule has 0 heterocycles. The lowest BCUT2D eigenvalue weighted by atomic mass is 9.95. The molecule has 4 heteroatoms. The fourth-order valence-corrected chi connectivity index (χ4v) is 1.09. The number of hydrogen-bond acceptors (Lipinski definition) is 2. The highest BCUT2D eigenvalue weighted by Crippen LogP contribution is 2.25. The van der Waals surface area contributed by atoms with Crippen molar-refractivity contribution in [2.24, 2.45) is 0 Å².